The van der Waals surface area contributed by atoms with E-state index in [9.17, 15) is 9.18 Å². The molecule has 1 saturated heterocycles. The lowest BCUT2D eigenvalue weighted by atomic mass is 10.0. The number of carbonyl (C=O) groups excluding carboxylic acids is 1. The summed E-state index contributed by atoms with van der Waals surface area (Å²) in [7, 11) is 0. The Bertz CT molecular complexity index is 668. The zero-order valence-electron chi connectivity index (χ0n) is 12.6. The standard InChI is InChI=1S/C17H19FN2O2/c1-12-6-4-5-9-20(12)17(21)11-13-10-16(22-19-13)14-7-2-3-8-15(14)18/h2-3,7-8,10,12H,4-6,9,11H2,1H3. The van der Waals surface area contributed by atoms with Crippen LogP contribution < -0.4 is 0 Å². The summed E-state index contributed by atoms with van der Waals surface area (Å²) in [6.07, 6.45) is 3.47. The number of amides is 1. The maximum atomic E-state index is 13.7. The summed E-state index contributed by atoms with van der Waals surface area (Å²) >= 11 is 0. The highest BCUT2D eigenvalue weighted by Crippen LogP contribution is 2.24. The lowest BCUT2D eigenvalue weighted by molar-refractivity contribution is -0.133. The molecule has 1 aromatic carbocycles. The number of nitrogens with zero attached hydrogens (tertiary/aromatic N) is 2. The Hall–Kier alpha value is -2.17. The highest BCUT2D eigenvalue weighted by Gasteiger charge is 2.24. The molecule has 1 fully saturated rings. The van der Waals surface area contributed by atoms with Crippen molar-refractivity contribution in [1.82, 2.24) is 10.1 Å². The van der Waals surface area contributed by atoms with E-state index in [2.05, 4.69) is 12.1 Å². The van der Waals surface area contributed by atoms with E-state index in [0.717, 1.165) is 19.4 Å². The topological polar surface area (TPSA) is 46.3 Å². The van der Waals surface area contributed by atoms with E-state index < -0.39 is 0 Å². The van der Waals surface area contributed by atoms with E-state index in [1.165, 1.54) is 12.5 Å². The first kappa shape index (κ1) is 14.8. The van der Waals surface area contributed by atoms with Gasteiger partial charge in [0.2, 0.25) is 5.91 Å². The first-order chi connectivity index (χ1) is 10.6. The molecule has 1 unspecified atom stereocenters. The molecule has 1 aliphatic rings. The molecule has 1 aliphatic heterocycles. The van der Waals surface area contributed by atoms with Crippen molar-refractivity contribution in [3.63, 3.8) is 0 Å². The predicted molar refractivity (Wildman–Crippen MR) is 80.6 cm³/mol. The van der Waals surface area contributed by atoms with Gasteiger partial charge in [0.15, 0.2) is 5.76 Å². The van der Waals surface area contributed by atoms with Crippen molar-refractivity contribution in [2.75, 3.05) is 6.54 Å². The number of benzene rings is 1. The van der Waals surface area contributed by atoms with Crippen LogP contribution in [0.1, 0.15) is 31.9 Å². The van der Waals surface area contributed by atoms with Crippen LogP contribution in [0.25, 0.3) is 11.3 Å². The van der Waals surface area contributed by atoms with Crippen molar-refractivity contribution in [3.05, 3.63) is 41.8 Å². The fraction of sp³-hybridized carbons (Fsp3) is 0.412. The lowest BCUT2D eigenvalue weighted by Crippen LogP contribution is -2.42. The van der Waals surface area contributed by atoms with Crippen LogP contribution in [0.15, 0.2) is 34.9 Å². The van der Waals surface area contributed by atoms with Gasteiger partial charge in [-0.05, 0) is 38.3 Å². The molecule has 2 aromatic rings. The van der Waals surface area contributed by atoms with Crippen LogP contribution in [-0.4, -0.2) is 28.6 Å². The number of hydrogen-bond donors (Lipinski definition) is 0. The smallest absolute Gasteiger partial charge is 0.228 e. The summed E-state index contributed by atoms with van der Waals surface area (Å²) in [6.45, 7) is 2.88. The molecule has 5 heteroatoms. The van der Waals surface area contributed by atoms with Crippen LogP contribution in [0.4, 0.5) is 4.39 Å². The molecule has 0 aliphatic carbocycles. The van der Waals surface area contributed by atoms with Gasteiger partial charge in [-0.3, -0.25) is 4.79 Å². The van der Waals surface area contributed by atoms with Crippen LogP contribution in [0.3, 0.4) is 0 Å². The second kappa shape index (κ2) is 6.30. The Morgan fingerprint density at radius 2 is 2.23 bits per heavy atom. The van der Waals surface area contributed by atoms with E-state index in [0.29, 0.717) is 17.0 Å². The molecule has 2 heterocycles. The van der Waals surface area contributed by atoms with Gasteiger partial charge in [-0.2, -0.15) is 0 Å². The van der Waals surface area contributed by atoms with Gasteiger partial charge in [-0.15, -0.1) is 0 Å². The van der Waals surface area contributed by atoms with Gasteiger partial charge < -0.3 is 9.42 Å². The van der Waals surface area contributed by atoms with Crippen LogP contribution in [0, 0.1) is 5.82 Å². The SMILES string of the molecule is CC1CCCCN1C(=O)Cc1cc(-c2ccccc2F)on1. The number of aromatic nitrogens is 1. The van der Waals surface area contributed by atoms with Gasteiger partial charge in [-0.25, -0.2) is 4.39 Å². The molecule has 4 nitrogen and oxygen atoms in total. The van der Waals surface area contributed by atoms with Crippen molar-refractivity contribution in [2.45, 2.75) is 38.6 Å². The number of carbonyl (C=O) groups is 1. The minimum absolute atomic E-state index is 0.0561. The molecular formula is C17H19FN2O2. The molecular weight excluding hydrogens is 283 g/mol. The first-order valence-electron chi connectivity index (χ1n) is 7.65. The summed E-state index contributed by atoms with van der Waals surface area (Å²) in [4.78, 5) is 14.3. The van der Waals surface area contributed by atoms with E-state index in [1.807, 2.05) is 4.90 Å². The van der Waals surface area contributed by atoms with Crippen molar-refractivity contribution in [3.8, 4) is 11.3 Å². The fourth-order valence-corrected chi connectivity index (χ4v) is 2.91. The minimum Gasteiger partial charge on any atom is -0.356 e. The molecule has 0 spiro atoms. The van der Waals surface area contributed by atoms with E-state index in [-0.39, 0.29) is 24.2 Å². The Labute approximate surface area is 128 Å². The molecule has 0 N–H and O–H groups in total. The highest BCUT2D eigenvalue weighted by molar-refractivity contribution is 5.79. The quantitative estimate of drug-likeness (QED) is 0.872. The minimum atomic E-state index is -0.360. The first-order valence-corrected chi connectivity index (χ1v) is 7.65. The Morgan fingerprint density at radius 1 is 1.41 bits per heavy atom. The number of hydrogen-bond acceptors (Lipinski definition) is 3. The number of likely N-dealkylation sites (tertiary alicyclic amines) is 1. The van der Waals surface area contributed by atoms with E-state index >= 15 is 0 Å². The van der Waals surface area contributed by atoms with E-state index in [4.69, 9.17) is 4.52 Å². The fourth-order valence-electron chi connectivity index (χ4n) is 2.91. The Kier molecular flexibility index (Phi) is 4.22. The number of piperidine rings is 1. The van der Waals surface area contributed by atoms with Crippen molar-refractivity contribution in [1.29, 1.82) is 0 Å². The normalized spacial score (nSPS) is 18.5. The molecule has 1 aromatic heterocycles. The Morgan fingerprint density at radius 3 is 3.00 bits per heavy atom. The van der Waals surface area contributed by atoms with Crippen LogP contribution in [0.5, 0.6) is 0 Å². The summed E-state index contributed by atoms with van der Waals surface area (Å²) in [6, 6.07) is 8.29. The van der Waals surface area contributed by atoms with Crippen LogP contribution in [0.2, 0.25) is 0 Å². The summed E-state index contributed by atoms with van der Waals surface area (Å²) in [5.74, 6) is 0.0503. The molecule has 0 bridgehead atoms. The predicted octanol–water partition coefficient (Wildman–Crippen LogP) is 3.42. The second-order valence-electron chi connectivity index (χ2n) is 5.77. The number of halogens is 1. The monoisotopic (exact) mass is 302 g/mol. The zero-order valence-corrected chi connectivity index (χ0v) is 12.6. The third-order valence-corrected chi connectivity index (χ3v) is 4.15. The molecule has 1 atom stereocenters. The van der Waals surface area contributed by atoms with Gasteiger partial charge in [0, 0.05) is 18.7 Å². The van der Waals surface area contributed by atoms with Gasteiger partial charge >= 0.3 is 0 Å². The van der Waals surface area contributed by atoms with Gasteiger partial charge in [0.25, 0.3) is 0 Å². The van der Waals surface area contributed by atoms with Gasteiger partial charge in [-0.1, -0.05) is 17.3 Å². The summed E-state index contributed by atoms with van der Waals surface area (Å²) in [5, 5.41) is 3.90. The van der Waals surface area contributed by atoms with Crippen LogP contribution in [-0.2, 0) is 11.2 Å². The van der Waals surface area contributed by atoms with Gasteiger partial charge in [0.05, 0.1) is 17.7 Å². The third kappa shape index (κ3) is 3.03. The molecule has 0 saturated carbocycles. The molecule has 1 amide bonds. The maximum Gasteiger partial charge on any atom is 0.228 e. The summed E-state index contributed by atoms with van der Waals surface area (Å²) < 4.78 is 18.9. The van der Waals surface area contributed by atoms with Crippen molar-refractivity contribution < 1.29 is 13.7 Å². The molecule has 3 rings (SSSR count). The van der Waals surface area contributed by atoms with Crippen molar-refractivity contribution >= 4 is 5.91 Å². The molecule has 22 heavy (non-hydrogen) atoms. The maximum absolute atomic E-state index is 13.7. The highest BCUT2D eigenvalue weighted by atomic mass is 19.1. The second-order valence-corrected chi connectivity index (χ2v) is 5.77. The third-order valence-electron chi connectivity index (χ3n) is 4.15. The lowest BCUT2D eigenvalue weighted by Gasteiger charge is -2.33. The zero-order chi connectivity index (χ0) is 15.5. The molecule has 116 valence electrons. The Balaban J connectivity index is 1.72. The largest absolute Gasteiger partial charge is 0.356 e. The van der Waals surface area contributed by atoms with Crippen LogP contribution >= 0.6 is 0 Å². The summed E-state index contributed by atoms with van der Waals surface area (Å²) in [5.41, 5.74) is 0.904. The average molecular weight is 302 g/mol. The average Bonchev–Trinajstić information content (AvgIpc) is 2.96. The van der Waals surface area contributed by atoms with Crippen molar-refractivity contribution in [2.24, 2.45) is 0 Å². The van der Waals surface area contributed by atoms with E-state index in [1.54, 1.807) is 24.3 Å². The number of rotatable bonds is 3. The van der Waals surface area contributed by atoms with Gasteiger partial charge in [0.1, 0.15) is 5.82 Å². The molecule has 0 radical (unpaired) electrons.